The Labute approximate surface area is 114 Å². The molecular formula is C13H13N3O2S. The normalized spacial score (nSPS) is 14.3. The number of fused-ring (bicyclic) bond motifs is 1. The number of carbonyl (C=O) groups excluding carboxylic acids is 2. The van der Waals surface area contributed by atoms with Crippen LogP contribution < -0.4 is 5.32 Å². The SMILES string of the molecule is Cc1c(C(=O)Nc2nccs2)[nH]c2c1C(=O)CCC2. The van der Waals surface area contributed by atoms with E-state index in [2.05, 4.69) is 15.3 Å². The molecular weight excluding hydrogens is 262 g/mol. The Balaban J connectivity index is 1.93. The number of aromatic amines is 1. The monoisotopic (exact) mass is 275 g/mol. The zero-order valence-corrected chi connectivity index (χ0v) is 11.3. The Morgan fingerprint density at radius 1 is 1.47 bits per heavy atom. The van der Waals surface area contributed by atoms with Crippen LogP contribution in [-0.2, 0) is 6.42 Å². The molecule has 0 bridgehead atoms. The van der Waals surface area contributed by atoms with Crippen molar-refractivity contribution >= 4 is 28.2 Å². The molecule has 5 nitrogen and oxygen atoms in total. The quantitative estimate of drug-likeness (QED) is 0.884. The summed E-state index contributed by atoms with van der Waals surface area (Å²) >= 11 is 1.36. The Kier molecular flexibility index (Phi) is 2.94. The van der Waals surface area contributed by atoms with E-state index in [9.17, 15) is 9.59 Å². The van der Waals surface area contributed by atoms with Crippen LogP contribution in [0.3, 0.4) is 0 Å². The Morgan fingerprint density at radius 3 is 3.00 bits per heavy atom. The summed E-state index contributed by atoms with van der Waals surface area (Å²) in [7, 11) is 0. The average Bonchev–Trinajstić information content (AvgIpc) is 2.98. The highest BCUT2D eigenvalue weighted by atomic mass is 32.1. The number of hydrogen-bond donors (Lipinski definition) is 2. The molecule has 0 aromatic carbocycles. The smallest absolute Gasteiger partial charge is 0.274 e. The first-order valence-corrected chi connectivity index (χ1v) is 7.00. The molecule has 0 unspecified atom stereocenters. The zero-order chi connectivity index (χ0) is 13.4. The summed E-state index contributed by atoms with van der Waals surface area (Å²) in [5, 5.41) is 5.08. The minimum Gasteiger partial charge on any atom is -0.354 e. The third kappa shape index (κ3) is 2.08. The van der Waals surface area contributed by atoms with Crippen LogP contribution in [-0.4, -0.2) is 21.7 Å². The van der Waals surface area contributed by atoms with Gasteiger partial charge in [-0.2, -0.15) is 0 Å². The van der Waals surface area contributed by atoms with E-state index >= 15 is 0 Å². The molecule has 2 aromatic rings. The van der Waals surface area contributed by atoms with Gasteiger partial charge in [0.25, 0.3) is 5.91 Å². The number of carbonyl (C=O) groups is 2. The van der Waals surface area contributed by atoms with Gasteiger partial charge in [-0.3, -0.25) is 14.9 Å². The molecule has 2 aromatic heterocycles. The van der Waals surface area contributed by atoms with Crippen molar-refractivity contribution in [2.45, 2.75) is 26.2 Å². The Morgan fingerprint density at radius 2 is 2.32 bits per heavy atom. The van der Waals surface area contributed by atoms with Crippen molar-refractivity contribution in [3.63, 3.8) is 0 Å². The van der Waals surface area contributed by atoms with Gasteiger partial charge in [0, 0.05) is 29.3 Å². The summed E-state index contributed by atoms with van der Waals surface area (Å²) in [6, 6.07) is 0. The topological polar surface area (TPSA) is 74.8 Å². The number of aromatic nitrogens is 2. The molecule has 2 N–H and O–H groups in total. The molecule has 19 heavy (non-hydrogen) atoms. The summed E-state index contributed by atoms with van der Waals surface area (Å²) < 4.78 is 0. The number of aryl methyl sites for hydroxylation is 1. The standard InChI is InChI=1S/C13H13N3O2S/c1-7-10-8(3-2-4-9(10)17)15-11(7)12(18)16-13-14-5-6-19-13/h5-6,15H,2-4H2,1H3,(H,14,16,18). The van der Waals surface area contributed by atoms with Crippen molar-refractivity contribution in [1.29, 1.82) is 0 Å². The van der Waals surface area contributed by atoms with Gasteiger partial charge in [0.15, 0.2) is 10.9 Å². The van der Waals surface area contributed by atoms with Crippen molar-refractivity contribution in [2.75, 3.05) is 5.32 Å². The molecule has 0 saturated carbocycles. The van der Waals surface area contributed by atoms with Gasteiger partial charge in [-0.15, -0.1) is 11.3 Å². The third-order valence-electron chi connectivity index (χ3n) is 3.32. The maximum atomic E-state index is 12.2. The molecule has 1 amide bonds. The summed E-state index contributed by atoms with van der Waals surface area (Å²) in [6.07, 6.45) is 3.88. The van der Waals surface area contributed by atoms with Crippen LogP contribution in [0.1, 0.15) is 44.9 Å². The number of anilines is 1. The highest BCUT2D eigenvalue weighted by Gasteiger charge is 2.26. The van der Waals surface area contributed by atoms with Crippen molar-refractivity contribution < 1.29 is 9.59 Å². The van der Waals surface area contributed by atoms with E-state index < -0.39 is 0 Å². The van der Waals surface area contributed by atoms with Crippen molar-refractivity contribution in [2.24, 2.45) is 0 Å². The second-order valence-electron chi connectivity index (χ2n) is 4.55. The zero-order valence-electron chi connectivity index (χ0n) is 10.4. The first-order valence-electron chi connectivity index (χ1n) is 6.12. The molecule has 1 aliphatic rings. The van der Waals surface area contributed by atoms with Crippen LogP contribution in [0.25, 0.3) is 0 Å². The number of amides is 1. The number of thiazole rings is 1. The van der Waals surface area contributed by atoms with Crippen LogP contribution in [0, 0.1) is 6.92 Å². The summed E-state index contributed by atoms with van der Waals surface area (Å²) in [4.78, 5) is 31.2. The first-order chi connectivity index (χ1) is 9.16. The van der Waals surface area contributed by atoms with Gasteiger partial charge >= 0.3 is 0 Å². The minimum absolute atomic E-state index is 0.128. The summed E-state index contributed by atoms with van der Waals surface area (Å²) in [5.41, 5.74) is 2.80. The molecule has 0 radical (unpaired) electrons. The van der Waals surface area contributed by atoms with Crippen LogP contribution in [0.5, 0.6) is 0 Å². The second kappa shape index (κ2) is 4.62. The maximum absolute atomic E-state index is 12.2. The Hall–Kier alpha value is -1.95. The van der Waals surface area contributed by atoms with Gasteiger partial charge in [0.1, 0.15) is 5.69 Å². The molecule has 0 saturated heterocycles. The fourth-order valence-electron chi connectivity index (χ4n) is 2.45. The molecule has 0 atom stereocenters. The minimum atomic E-state index is -0.241. The number of ketones is 1. The van der Waals surface area contributed by atoms with E-state index in [1.54, 1.807) is 11.6 Å². The molecule has 0 fully saturated rings. The van der Waals surface area contributed by atoms with Gasteiger partial charge in [0.2, 0.25) is 0 Å². The molecule has 3 rings (SSSR count). The largest absolute Gasteiger partial charge is 0.354 e. The molecule has 2 heterocycles. The van der Waals surface area contributed by atoms with Crippen molar-refractivity contribution in [3.8, 4) is 0 Å². The number of Topliss-reactive ketones (excluding diaryl/α,β-unsaturated/α-hetero) is 1. The van der Waals surface area contributed by atoms with Crippen molar-refractivity contribution in [1.82, 2.24) is 9.97 Å². The lowest BCUT2D eigenvalue weighted by Gasteiger charge is -2.09. The lowest BCUT2D eigenvalue weighted by atomic mass is 9.94. The van der Waals surface area contributed by atoms with Crippen LogP contribution >= 0.6 is 11.3 Å². The second-order valence-corrected chi connectivity index (χ2v) is 5.44. The third-order valence-corrected chi connectivity index (χ3v) is 4.01. The van der Waals surface area contributed by atoms with Crippen LogP contribution in [0.15, 0.2) is 11.6 Å². The highest BCUT2D eigenvalue weighted by Crippen LogP contribution is 2.27. The maximum Gasteiger partial charge on any atom is 0.274 e. The molecule has 0 aliphatic heterocycles. The highest BCUT2D eigenvalue weighted by molar-refractivity contribution is 7.13. The molecule has 6 heteroatoms. The van der Waals surface area contributed by atoms with E-state index in [-0.39, 0.29) is 11.7 Å². The molecule has 98 valence electrons. The average molecular weight is 275 g/mol. The fraction of sp³-hybridized carbons (Fsp3) is 0.308. The molecule has 1 aliphatic carbocycles. The first kappa shape index (κ1) is 12.1. The van der Waals surface area contributed by atoms with Crippen LogP contribution in [0.2, 0.25) is 0 Å². The van der Waals surface area contributed by atoms with Gasteiger partial charge in [-0.1, -0.05) is 0 Å². The van der Waals surface area contributed by atoms with E-state index in [4.69, 9.17) is 0 Å². The predicted molar refractivity (Wildman–Crippen MR) is 72.9 cm³/mol. The number of H-pyrrole nitrogens is 1. The Bertz CT molecular complexity index is 643. The number of rotatable bonds is 2. The lowest BCUT2D eigenvalue weighted by molar-refractivity contribution is 0.0971. The number of nitrogens with one attached hydrogen (secondary N) is 2. The van der Waals surface area contributed by atoms with Gasteiger partial charge in [-0.25, -0.2) is 4.98 Å². The number of nitrogens with zero attached hydrogens (tertiary/aromatic N) is 1. The van der Waals surface area contributed by atoms with Gasteiger partial charge in [-0.05, 0) is 25.3 Å². The van der Waals surface area contributed by atoms with E-state index in [0.29, 0.717) is 22.8 Å². The van der Waals surface area contributed by atoms with E-state index in [1.807, 2.05) is 6.92 Å². The number of hydrogen-bond acceptors (Lipinski definition) is 4. The summed E-state index contributed by atoms with van der Waals surface area (Å²) in [6.45, 7) is 1.81. The van der Waals surface area contributed by atoms with E-state index in [1.165, 1.54) is 11.3 Å². The lowest BCUT2D eigenvalue weighted by Crippen LogP contribution is -2.13. The van der Waals surface area contributed by atoms with Gasteiger partial charge < -0.3 is 4.98 Å². The van der Waals surface area contributed by atoms with Crippen molar-refractivity contribution in [3.05, 3.63) is 34.1 Å². The van der Waals surface area contributed by atoms with Gasteiger partial charge in [0.05, 0.1) is 0 Å². The summed E-state index contributed by atoms with van der Waals surface area (Å²) in [5.74, 6) is -0.113. The molecule has 0 spiro atoms. The fourth-order valence-corrected chi connectivity index (χ4v) is 2.97. The van der Waals surface area contributed by atoms with Crippen LogP contribution in [0.4, 0.5) is 5.13 Å². The predicted octanol–water partition coefficient (Wildman–Crippen LogP) is 2.55. The van der Waals surface area contributed by atoms with E-state index in [0.717, 1.165) is 24.1 Å².